The van der Waals surface area contributed by atoms with Crippen molar-refractivity contribution in [3.63, 3.8) is 0 Å². The number of nitrogens with zero attached hydrogens (tertiary/aromatic N) is 4. The first kappa shape index (κ1) is 12.0. The van der Waals surface area contributed by atoms with E-state index >= 15 is 0 Å². The Kier molecular flexibility index (Phi) is 2.98. The lowest BCUT2D eigenvalue weighted by Gasteiger charge is -2.11. The van der Waals surface area contributed by atoms with E-state index < -0.39 is 16.8 Å². The monoisotopic (exact) mass is 254 g/mol. The zero-order chi connectivity index (χ0) is 13.3. The Labute approximate surface area is 101 Å². The first-order valence-corrected chi connectivity index (χ1v) is 5.07. The van der Waals surface area contributed by atoms with Gasteiger partial charge in [-0.15, -0.1) is 0 Å². The number of amides is 2. The molecule has 0 bridgehead atoms. The summed E-state index contributed by atoms with van der Waals surface area (Å²) in [7, 11) is 0. The summed E-state index contributed by atoms with van der Waals surface area (Å²) < 4.78 is 4.84. The summed E-state index contributed by atoms with van der Waals surface area (Å²) >= 11 is 0. The van der Waals surface area contributed by atoms with Gasteiger partial charge >= 0.3 is 11.9 Å². The molecule has 1 unspecified atom stereocenters. The normalized spacial score (nSPS) is 20.1. The van der Waals surface area contributed by atoms with Crippen molar-refractivity contribution in [2.45, 2.75) is 13.0 Å². The molecule has 1 aliphatic heterocycles. The Hall–Kier alpha value is -2.42. The number of hydrogen-bond acceptors (Lipinski definition) is 6. The molecule has 1 saturated heterocycles. The third-order valence-electron chi connectivity index (χ3n) is 2.37. The van der Waals surface area contributed by atoms with Gasteiger partial charge in [-0.25, -0.2) is 14.9 Å². The predicted octanol–water partition coefficient (Wildman–Crippen LogP) is 1.04. The fourth-order valence-electron chi connectivity index (χ4n) is 1.50. The molecule has 1 fully saturated rings. The van der Waals surface area contributed by atoms with E-state index in [-0.39, 0.29) is 18.3 Å². The largest absolute Gasteiger partial charge is 0.433 e. The van der Waals surface area contributed by atoms with E-state index in [0.29, 0.717) is 5.06 Å². The van der Waals surface area contributed by atoms with Crippen molar-refractivity contribution in [1.82, 2.24) is 10.1 Å². The first-order valence-electron chi connectivity index (χ1n) is 5.07. The Morgan fingerprint density at radius 2 is 2.39 bits per heavy atom. The minimum atomic E-state index is -0.670. The van der Waals surface area contributed by atoms with Crippen LogP contribution in [0.1, 0.15) is 12.7 Å². The lowest BCUT2D eigenvalue weighted by atomic mass is 10.4. The van der Waals surface area contributed by atoms with Crippen LogP contribution in [0.5, 0.6) is 0 Å². The predicted molar refractivity (Wildman–Crippen MR) is 58.1 cm³/mol. The number of hydrazone groups is 1. The zero-order valence-corrected chi connectivity index (χ0v) is 9.39. The molecule has 0 saturated carbocycles. The number of carbonyl (C=O) groups excluding carboxylic acids is 1. The summed E-state index contributed by atoms with van der Waals surface area (Å²) in [6.07, 6.45) is 1.18. The molecule has 0 spiro atoms. The second-order valence-corrected chi connectivity index (χ2v) is 3.74. The molecule has 1 aliphatic rings. The van der Waals surface area contributed by atoms with Gasteiger partial charge in [0, 0.05) is 0 Å². The Bertz CT molecular complexity index is 511. The SMILES string of the molecule is CC1CN(O)C(=O)N1N=Cc1ccc([N+](=O)[O-])o1. The van der Waals surface area contributed by atoms with Crippen LogP contribution in [0.4, 0.5) is 10.7 Å². The number of urea groups is 1. The maximum atomic E-state index is 11.4. The Balaban J connectivity index is 2.10. The van der Waals surface area contributed by atoms with Crippen LogP contribution in [0, 0.1) is 10.1 Å². The van der Waals surface area contributed by atoms with Crippen molar-refractivity contribution >= 4 is 18.1 Å². The van der Waals surface area contributed by atoms with E-state index in [2.05, 4.69) is 5.10 Å². The van der Waals surface area contributed by atoms with Crippen molar-refractivity contribution in [2.75, 3.05) is 6.54 Å². The fraction of sp³-hybridized carbons (Fsp3) is 0.333. The van der Waals surface area contributed by atoms with E-state index in [0.717, 1.165) is 5.01 Å². The van der Waals surface area contributed by atoms with Gasteiger partial charge in [0.05, 0.1) is 24.9 Å². The maximum Gasteiger partial charge on any atom is 0.433 e. The van der Waals surface area contributed by atoms with Gasteiger partial charge in [-0.3, -0.25) is 15.3 Å². The highest BCUT2D eigenvalue weighted by atomic mass is 16.6. The topological polar surface area (TPSA) is 112 Å². The van der Waals surface area contributed by atoms with Crippen LogP contribution in [0.15, 0.2) is 21.7 Å². The molecular formula is C9H10N4O5. The fourth-order valence-corrected chi connectivity index (χ4v) is 1.50. The van der Waals surface area contributed by atoms with Gasteiger partial charge in [0.2, 0.25) is 0 Å². The average Bonchev–Trinajstić information content (AvgIpc) is 2.85. The quantitative estimate of drug-likeness (QED) is 0.374. The van der Waals surface area contributed by atoms with Gasteiger partial charge < -0.3 is 4.42 Å². The summed E-state index contributed by atoms with van der Waals surface area (Å²) in [5.74, 6) is -0.251. The van der Waals surface area contributed by atoms with Crippen molar-refractivity contribution in [1.29, 1.82) is 0 Å². The van der Waals surface area contributed by atoms with Crippen molar-refractivity contribution in [3.8, 4) is 0 Å². The highest BCUT2D eigenvalue weighted by molar-refractivity contribution is 5.80. The molecule has 1 atom stereocenters. The van der Waals surface area contributed by atoms with Crippen LogP contribution in [0.25, 0.3) is 0 Å². The maximum absolute atomic E-state index is 11.4. The molecule has 1 aromatic rings. The minimum absolute atomic E-state index is 0.147. The molecule has 0 aromatic carbocycles. The second kappa shape index (κ2) is 4.45. The minimum Gasteiger partial charge on any atom is -0.400 e. The summed E-state index contributed by atoms with van der Waals surface area (Å²) in [4.78, 5) is 21.1. The lowest BCUT2D eigenvalue weighted by Crippen LogP contribution is -2.28. The van der Waals surface area contributed by atoms with E-state index in [1.165, 1.54) is 18.3 Å². The Morgan fingerprint density at radius 3 is 2.89 bits per heavy atom. The zero-order valence-electron chi connectivity index (χ0n) is 9.39. The highest BCUT2D eigenvalue weighted by Crippen LogP contribution is 2.16. The smallest absolute Gasteiger partial charge is 0.400 e. The molecule has 96 valence electrons. The number of hydrogen-bond donors (Lipinski definition) is 1. The van der Waals surface area contributed by atoms with Crippen molar-refractivity contribution in [3.05, 3.63) is 28.0 Å². The van der Waals surface area contributed by atoms with E-state index in [1.807, 2.05) is 0 Å². The molecular weight excluding hydrogens is 244 g/mol. The number of nitro groups is 1. The molecule has 9 nitrogen and oxygen atoms in total. The molecule has 0 radical (unpaired) electrons. The van der Waals surface area contributed by atoms with Crippen molar-refractivity contribution < 1.29 is 19.3 Å². The molecule has 1 aromatic heterocycles. The molecule has 9 heteroatoms. The number of rotatable bonds is 3. The van der Waals surface area contributed by atoms with Crippen LogP contribution >= 0.6 is 0 Å². The van der Waals surface area contributed by atoms with Crippen LogP contribution in [-0.4, -0.2) is 45.0 Å². The van der Waals surface area contributed by atoms with Gasteiger partial charge in [0.15, 0.2) is 5.76 Å². The first-order chi connectivity index (χ1) is 8.49. The lowest BCUT2D eigenvalue weighted by molar-refractivity contribution is -0.402. The molecule has 2 amide bonds. The van der Waals surface area contributed by atoms with Crippen molar-refractivity contribution in [2.24, 2.45) is 5.10 Å². The third-order valence-corrected chi connectivity index (χ3v) is 2.37. The van der Waals surface area contributed by atoms with Gasteiger partial charge in [0.25, 0.3) is 0 Å². The molecule has 1 N–H and O–H groups in total. The molecule has 0 aliphatic carbocycles. The summed E-state index contributed by atoms with van der Waals surface area (Å²) in [6.45, 7) is 1.85. The van der Waals surface area contributed by atoms with E-state index in [1.54, 1.807) is 6.92 Å². The van der Waals surface area contributed by atoms with Gasteiger partial charge in [-0.2, -0.15) is 5.10 Å². The second-order valence-electron chi connectivity index (χ2n) is 3.74. The van der Waals surface area contributed by atoms with Crippen LogP contribution in [0.3, 0.4) is 0 Å². The average molecular weight is 254 g/mol. The summed E-state index contributed by atoms with van der Waals surface area (Å²) in [5, 5.41) is 25.0. The van der Waals surface area contributed by atoms with Gasteiger partial charge in [-0.05, 0) is 13.0 Å². The molecule has 18 heavy (non-hydrogen) atoms. The van der Waals surface area contributed by atoms with Crippen LogP contribution in [-0.2, 0) is 0 Å². The number of furan rings is 1. The summed E-state index contributed by atoms with van der Waals surface area (Å²) in [6, 6.07) is 1.61. The van der Waals surface area contributed by atoms with E-state index in [9.17, 15) is 14.9 Å². The third kappa shape index (κ3) is 2.15. The number of carbonyl (C=O) groups is 1. The van der Waals surface area contributed by atoms with E-state index in [4.69, 9.17) is 9.62 Å². The standard InChI is InChI=1S/C9H10N4O5/c1-6-5-11(15)9(14)12(6)10-4-7-2-3-8(18-7)13(16)17/h2-4,6,15H,5H2,1H3. The van der Waals surface area contributed by atoms with Crippen LogP contribution < -0.4 is 0 Å². The Morgan fingerprint density at radius 1 is 1.67 bits per heavy atom. The highest BCUT2D eigenvalue weighted by Gasteiger charge is 2.33. The molecule has 2 rings (SSSR count). The summed E-state index contributed by atoms with van der Waals surface area (Å²) in [5.41, 5.74) is 0. The molecule has 2 heterocycles. The van der Waals surface area contributed by atoms with Gasteiger partial charge in [-0.1, -0.05) is 0 Å². The van der Waals surface area contributed by atoms with Gasteiger partial charge in [0.1, 0.15) is 4.92 Å². The number of hydroxylamine groups is 2. The van der Waals surface area contributed by atoms with Crippen LogP contribution in [0.2, 0.25) is 0 Å².